The second kappa shape index (κ2) is 17.5. The first-order valence-corrected chi connectivity index (χ1v) is 15.8. The van der Waals surface area contributed by atoms with Gasteiger partial charge in [0.15, 0.2) is 0 Å². The van der Waals surface area contributed by atoms with Crippen LogP contribution in [0.1, 0.15) is 20.7 Å². The van der Waals surface area contributed by atoms with E-state index in [1.165, 1.54) is 30.3 Å². The topological polar surface area (TPSA) is 214 Å². The Kier molecular flexibility index (Phi) is 15.6. The average molecular weight is 723 g/mol. The van der Waals surface area contributed by atoms with E-state index < -0.39 is 41.8 Å². The summed E-state index contributed by atoms with van der Waals surface area (Å²) < 4.78 is 73.8. The molecule has 0 aliphatic carbocycles. The largest absolute Gasteiger partial charge is 1.00 e. The van der Waals surface area contributed by atoms with E-state index in [-0.39, 0.29) is 105 Å². The fourth-order valence-corrected chi connectivity index (χ4v) is 5.73. The molecule has 0 heterocycles. The molecule has 5 aromatic rings. The number of carbonyl (C=O) groups is 2. The number of rotatable bonds is 9. The van der Waals surface area contributed by atoms with Crippen LogP contribution in [0.4, 0.5) is 11.4 Å². The predicted molar refractivity (Wildman–Crippen MR) is 154 cm³/mol. The molecule has 226 valence electrons. The maximum atomic E-state index is 13.1. The van der Waals surface area contributed by atoms with Crippen molar-refractivity contribution >= 4 is 77.0 Å². The summed E-state index contributed by atoms with van der Waals surface area (Å²) in [5.74, 6) is -1.64. The summed E-state index contributed by atoms with van der Waals surface area (Å²) in [6.45, 7) is 0. The predicted octanol–water partition coefficient (Wildman–Crippen LogP) is -5.45. The van der Waals surface area contributed by atoms with E-state index in [0.29, 0.717) is 38.8 Å². The molecule has 19 heteroatoms. The Bertz CT molecular complexity index is 2190. The summed E-state index contributed by atoms with van der Waals surface area (Å²) in [5, 5.41) is 20.9. The maximum Gasteiger partial charge on any atom is 1.00 e. The minimum atomic E-state index is -5.07. The van der Waals surface area contributed by atoms with Crippen molar-refractivity contribution < 1.29 is 139 Å². The molecule has 0 aromatic heterocycles. The second-order valence-corrected chi connectivity index (χ2v) is 12.8. The third-order valence-electron chi connectivity index (χ3n) is 6.31. The van der Waals surface area contributed by atoms with Crippen LogP contribution in [-0.2, 0) is 29.6 Å². The van der Waals surface area contributed by atoms with Crippen molar-refractivity contribution in [2.45, 2.75) is 14.7 Å². The molecule has 5 aromatic carbocycles. The Balaban J connectivity index is 0.00000256. The van der Waals surface area contributed by atoms with Crippen LogP contribution in [0.25, 0.3) is 21.5 Å². The smallest absolute Gasteiger partial charge is 0.744 e. The molecule has 0 spiro atoms. The number of carbonyl (C=O) groups excluding carboxylic acids is 2. The number of benzene rings is 5. The molecule has 5 rings (SSSR count). The summed E-state index contributed by atoms with van der Waals surface area (Å²) in [7, 11) is -9.74. The van der Waals surface area contributed by atoms with Gasteiger partial charge in [0.05, 0.1) is 21.8 Å². The van der Waals surface area contributed by atoms with E-state index in [2.05, 4.69) is 20.0 Å². The van der Waals surface area contributed by atoms with Crippen LogP contribution in [0.5, 0.6) is 0 Å². The van der Waals surface area contributed by atoms with E-state index in [1.807, 2.05) is 0 Å². The Morgan fingerprint density at radius 3 is 1.51 bits per heavy atom. The number of amides is 2. The summed E-state index contributed by atoms with van der Waals surface area (Å²) in [4.78, 5) is 25.6. The van der Waals surface area contributed by atoms with Crippen LogP contribution in [0.3, 0.4) is 0 Å². The van der Waals surface area contributed by atoms with Crippen molar-refractivity contribution in [3.8, 4) is 0 Å². The Labute approximate surface area is 339 Å². The molecule has 0 unspecified atom stereocenters. The number of nitrogens with one attached hydrogen (secondary N) is 2. The zero-order valence-corrected chi connectivity index (χ0v) is 33.3. The van der Waals surface area contributed by atoms with Crippen LogP contribution in [0.2, 0.25) is 0 Å². The Morgan fingerprint density at radius 2 is 1.02 bits per heavy atom. The molecule has 0 fully saturated rings. The molecule has 13 nitrogen and oxygen atoms in total. The Hall–Kier alpha value is -1.39. The van der Waals surface area contributed by atoms with Gasteiger partial charge in [-0.05, 0) is 88.3 Å². The van der Waals surface area contributed by atoms with Crippen LogP contribution in [0, 0.1) is 0 Å². The van der Waals surface area contributed by atoms with Crippen molar-refractivity contribution in [1.29, 1.82) is 0 Å². The molecule has 0 saturated carbocycles. The summed E-state index contributed by atoms with van der Waals surface area (Å²) >= 11 is 0.714. The van der Waals surface area contributed by atoms with E-state index in [9.17, 15) is 40.8 Å². The molecule has 0 atom stereocenters. The first kappa shape index (κ1) is 41.8. The summed E-state index contributed by atoms with van der Waals surface area (Å²) in [6.07, 6.45) is 0. The third kappa shape index (κ3) is 10.8. The monoisotopic (exact) mass is 722 g/mol. The summed E-state index contributed by atoms with van der Waals surface area (Å²) in [5.41, 5.74) is -0.0229. The standard InChI is InChI=1S/C28H20N2O11S3.3Na/c31-27(29-22-5-1-18-12-24(42-41-40-33)7-3-16(18)10-22)20-9-21(15-26(14-20)44(37,38)39)28(32)30-23-6-2-19-13-25(43(34,35)36)8-4-17(19)11-23;;;/h1-15,33H,(H,29,31)(H,30,32)(H,34,35,36)(H,37,38,39);;;/q;3*+1/p-3. The zero-order valence-electron chi connectivity index (χ0n) is 24.9. The van der Waals surface area contributed by atoms with Gasteiger partial charge in [0.1, 0.15) is 20.2 Å². The first-order chi connectivity index (χ1) is 20.8. The van der Waals surface area contributed by atoms with Crippen LogP contribution in [0.15, 0.2) is 106 Å². The van der Waals surface area contributed by atoms with Gasteiger partial charge in [0, 0.05) is 27.4 Å². The van der Waals surface area contributed by atoms with E-state index in [1.54, 1.807) is 36.4 Å². The minimum Gasteiger partial charge on any atom is -0.744 e. The SMILES string of the molecule is O=C(Nc1ccc2cc(SOO[O-])ccc2c1)c1cc(C(=O)Nc2ccc3cc(S(=O)(=O)[O-])ccc3c2)cc(S(=O)(=O)[O-])c1.[Na+].[Na+].[Na+]. The van der Waals surface area contributed by atoms with Crippen molar-refractivity contribution in [2.24, 2.45) is 0 Å². The average Bonchev–Trinajstić information content (AvgIpc) is 2.98. The minimum absolute atomic E-state index is 0. The van der Waals surface area contributed by atoms with Gasteiger partial charge in [0.25, 0.3) is 11.8 Å². The summed E-state index contributed by atoms with van der Waals surface area (Å²) in [6, 6.07) is 20.8. The number of fused-ring (bicyclic) bond motifs is 2. The second-order valence-electron chi connectivity index (χ2n) is 9.23. The number of anilines is 2. The third-order valence-corrected chi connectivity index (χ3v) is 8.52. The van der Waals surface area contributed by atoms with E-state index in [4.69, 9.17) is 0 Å². The van der Waals surface area contributed by atoms with Gasteiger partial charge >= 0.3 is 88.7 Å². The fraction of sp³-hybridized carbons (Fsp3) is 0. The molecule has 2 N–H and O–H groups in total. The van der Waals surface area contributed by atoms with Gasteiger partial charge in [0.2, 0.25) is 0 Å². The molecule has 2 amide bonds. The molecule has 0 aliphatic rings. The zero-order chi connectivity index (χ0) is 31.6. The fourth-order valence-electron chi connectivity index (χ4n) is 4.28. The van der Waals surface area contributed by atoms with Gasteiger partial charge in [-0.15, -0.1) is 0 Å². The van der Waals surface area contributed by atoms with Crippen molar-refractivity contribution in [2.75, 3.05) is 10.6 Å². The molecular weight excluding hydrogens is 705 g/mol. The van der Waals surface area contributed by atoms with Crippen molar-refractivity contribution in [3.05, 3.63) is 102 Å². The van der Waals surface area contributed by atoms with Gasteiger partial charge < -0.3 is 25.0 Å². The maximum absolute atomic E-state index is 13.1. The first-order valence-electron chi connectivity index (χ1n) is 12.2. The molecule has 0 radical (unpaired) electrons. The molecule has 47 heavy (non-hydrogen) atoms. The molecular formula is C28H17N2Na3O11S3. The van der Waals surface area contributed by atoms with Gasteiger partial charge in [-0.1, -0.05) is 24.3 Å². The van der Waals surface area contributed by atoms with Crippen molar-refractivity contribution in [3.63, 3.8) is 0 Å². The van der Waals surface area contributed by atoms with Crippen LogP contribution < -0.4 is 105 Å². The molecule has 0 aliphatic heterocycles. The number of hydrogen-bond donors (Lipinski definition) is 2. The normalized spacial score (nSPS) is 11.1. The van der Waals surface area contributed by atoms with Gasteiger partial charge in [-0.2, -0.15) is 4.33 Å². The van der Waals surface area contributed by atoms with Gasteiger partial charge in [-0.3, -0.25) is 14.6 Å². The van der Waals surface area contributed by atoms with Crippen LogP contribution >= 0.6 is 12.0 Å². The van der Waals surface area contributed by atoms with Crippen molar-refractivity contribution in [1.82, 2.24) is 0 Å². The quantitative estimate of drug-likeness (QED) is 0.0480. The number of hydrogen-bond acceptors (Lipinski definition) is 12. The molecule has 0 bridgehead atoms. The molecule has 0 saturated heterocycles. The Morgan fingerprint density at radius 1 is 0.574 bits per heavy atom. The van der Waals surface area contributed by atoms with E-state index in [0.717, 1.165) is 29.7 Å². The van der Waals surface area contributed by atoms with E-state index >= 15 is 0 Å². The van der Waals surface area contributed by atoms with Crippen LogP contribution in [-0.4, -0.2) is 37.8 Å². The van der Waals surface area contributed by atoms with Gasteiger partial charge in [-0.25, -0.2) is 16.8 Å².